The molecule has 2 aromatic carbocycles. The fourth-order valence-electron chi connectivity index (χ4n) is 3.28. The molecule has 0 spiro atoms. The molecule has 0 saturated carbocycles. The van der Waals surface area contributed by atoms with Gasteiger partial charge in [-0.3, -0.25) is 4.79 Å². The summed E-state index contributed by atoms with van der Waals surface area (Å²) in [6, 6.07) is 13.5. The molecule has 4 heteroatoms. The van der Waals surface area contributed by atoms with Gasteiger partial charge in [-0.25, -0.2) is 0 Å². The highest BCUT2D eigenvalue weighted by molar-refractivity contribution is 6.31. The number of fused-ring (bicyclic) bond motifs is 1. The van der Waals surface area contributed by atoms with Crippen molar-refractivity contribution in [1.29, 1.82) is 0 Å². The Morgan fingerprint density at radius 1 is 1.30 bits per heavy atom. The molecule has 0 bridgehead atoms. The van der Waals surface area contributed by atoms with Gasteiger partial charge in [0, 0.05) is 30.1 Å². The van der Waals surface area contributed by atoms with Crippen LogP contribution in [0.2, 0.25) is 5.02 Å². The molecule has 1 aliphatic carbocycles. The summed E-state index contributed by atoms with van der Waals surface area (Å²) in [5, 5.41) is 9.59. The molecule has 1 amide bonds. The van der Waals surface area contributed by atoms with Gasteiger partial charge in [0.2, 0.25) is 0 Å². The molecule has 0 saturated heterocycles. The molecule has 3 nitrogen and oxygen atoms in total. The van der Waals surface area contributed by atoms with Crippen molar-refractivity contribution in [2.75, 3.05) is 13.6 Å². The van der Waals surface area contributed by atoms with E-state index in [1.54, 1.807) is 23.1 Å². The van der Waals surface area contributed by atoms with Gasteiger partial charge in [-0.2, -0.15) is 0 Å². The van der Waals surface area contributed by atoms with Gasteiger partial charge in [-0.15, -0.1) is 0 Å². The number of rotatable bonds is 4. The Morgan fingerprint density at radius 2 is 2.09 bits per heavy atom. The fraction of sp³-hybridized carbons (Fsp3) is 0.316. The van der Waals surface area contributed by atoms with Crippen LogP contribution in [0.5, 0.6) is 0 Å². The first kappa shape index (κ1) is 16.0. The van der Waals surface area contributed by atoms with Crippen molar-refractivity contribution in [3.63, 3.8) is 0 Å². The van der Waals surface area contributed by atoms with E-state index in [4.69, 9.17) is 16.7 Å². The Kier molecular flexibility index (Phi) is 4.69. The summed E-state index contributed by atoms with van der Waals surface area (Å²) in [6.07, 6.45) is 2.17. The van der Waals surface area contributed by atoms with Crippen LogP contribution in [0.3, 0.4) is 0 Å². The summed E-state index contributed by atoms with van der Waals surface area (Å²) in [6.45, 7) is 0.581. The van der Waals surface area contributed by atoms with Gasteiger partial charge in [-0.1, -0.05) is 41.9 Å². The number of likely N-dealkylation sites (N-methyl/N-ethyl adjacent to an activating group) is 1. The summed E-state index contributed by atoms with van der Waals surface area (Å²) in [5.74, 6) is 0.355. The van der Waals surface area contributed by atoms with Gasteiger partial charge in [0.15, 0.2) is 0 Å². The number of aryl methyl sites for hydroxylation is 1. The quantitative estimate of drug-likeness (QED) is 0.930. The number of aliphatic hydroxyl groups is 1. The van der Waals surface area contributed by atoms with E-state index in [0.717, 1.165) is 12.8 Å². The minimum atomic E-state index is -0.123. The summed E-state index contributed by atoms with van der Waals surface area (Å²) in [7, 11) is 1.83. The Morgan fingerprint density at radius 3 is 2.83 bits per heavy atom. The van der Waals surface area contributed by atoms with E-state index in [0.29, 0.717) is 28.6 Å². The predicted octanol–water partition coefficient (Wildman–Crippen LogP) is 3.63. The number of nitrogens with zero attached hydrogens (tertiary/aromatic N) is 1. The van der Waals surface area contributed by atoms with Crippen LogP contribution in [0.4, 0.5) is 0 Å². The Bertz CT molecular complexity index is 729. The van der Waals surface area contributed by atoms with Crippen LogP contribution in [0.25, 0.3) is 0 Å². The monoisotopic (exact) mass is 329 g/mol. The van der Waals surface area contributed by atoms with E-state index in [1.807, 2.05) is 7.05 Å². The molecule has 0 heterocycles. The average molecular weight is 330 g/mol. The van der Waals surface area contributed by atoms with Crippen LogP contribution < -0.4 is 0 Å². The van der Waals surface area contributed by atoms with Crippen LogP contribution in [0, 0.1) is 0 Å². The maximum absolute atomic E-state index is 12.6. The largest absolute Gasteiger partial charge is 0.392 e. The highest BCUT2D eigenvalue weighted by atomic mass is 35.5. The third kappa shape index (κ3) is 3.26. The number of carbonyl (C=O) groups excluding carboxylic acids is 1. The zero-order valence-electron chi connectivity index (χ0n) is 13.1. The van der Waals surface area contributed by atoms with Crippen molar-refractivity contribution in [1.82, 2.24) is 4.90 Å². The highest BCUT2D eigenvalue weighted by Gasteiger charge is 2.25. The van der Waals surface area contributed by atoms with Crippen LogP contribution in [-0.2, 0) is 13.0 Å². The molecule has 1 unspecified atom stereocenters. The SMILES string of the molecule is CN(CC1CCc2ccccc21)C(=O)c1ccc(CO)c(Cl)c1. The highest BCUT2D eigenvalue weighted by Crippen LogP contribution is 2.33. The number of benzene rings is 2. The van der Waals surface area contributed by atoms with Crippen LogP contribution in [-0.4, -0.2) is 29.5 Å². The smallest absolute Gasteiger partial charge is 0.253 e. The lowest BCUT2D eigenvalue weighted by atomic mass is 10.0. The fourth-order valence-corrected chi connectivity index (χ4v) is 3.52. The van der Waals surface area contributed by atoms with Crippen molar-refractivity contribution >= 4 is 17.5 Å². The van der Waals surface area contributed by atoms with Gasteiger partial charge in [0.25, 0.3) is 5.91 Å². The topological polar surface area (TPSA) is 40.5 Å². The van der Waals surface area contributed by atoms with E-state index in [1.165, 1.54) is 11.1 Å². The zero-order chi connectivity index (χ0) is 16.4. The summed E-state index contributed by atoms with van der Waals surface area (Å²) in [5.41, 5.74) is 3.95. The average Bonchev–Trinajstić information content (AvgIpc) is 2.97. The molecule has 1 N–H and O–H groups in total. The van der Waals surface area contributed by atoms with Crippen LogP contribution in [0.1, 0.15) is 39.4 Å². The van der Waals surface area contributed by atoms with Crippen molar-refractivity contribution in [3.05, 3.63) is 69.7 Å². The Labute approximate surface area is 141 Å². The normalized spacial score (nSPS) is 16.2. The summed E-state index contributed by atoms with van der Waals surface area (Å²) >= 11 is 6.08. The molecule has 0 fully saturated rings. The second kappa shape index (κ2) is 6.73. The molecule has 23 heavy (non-hydrogen) atoms. The lowest BCUT2D eigenvalue weighted by Gasteiger charge is -2.22. The molecule has 0 aromatic heterocycles. The van der Waals surface area contributed by atoms with Crippen molar-refractivity contribution in [2.45, 2.75) is 25.4 Å². The zero-order valence-corrected chi connectivity index (χ0v) is 13.9. The van der Waals surface area contributed by atoms with Crippen molar-refractivity contribution in [3.8, 4) is 0 Å². The number of carbonyl (C=O) groups is 1. The second-order valence-corrected chi connectivity index (χ2v) is 6.49. The number of hydrogen-bond acceptors (Lipinski definition) is 2. The number of hydrogen-bond donors (Lipinski definition) is 1. The van der Waals surface area contributed by atoms with E-state index in [9.17, 15) is 4.79 Å². The first-order valence-electron chi connectivity index (χ1n) is 7.82. The van der Waals surface area contributed by atoms with Crippen LogP contribution >= 0.6 is 11.6 Å². The van der Waals surface area contributed by atoms with Gasteiger partial charge in [0.1, 0.15) is 0 Å². The predicted molar refractivity (Wildman–Crippen MR) is 91.8 cm³/mol. The second-order valence-electron chi connectivity index (χ2n) is 6.08. The number of halogens is 1. The van der Waals surface area contributed by atoms with E-state index >= 15 is 0 Å². The lowest BCUT2D eigenvalue weighted by molar-refractivity contribution is 0.0786. The molecular weight excluding hydrogens is 310 g/mol. The third-order valence-electron chi connectivity index (χ3n) is 4.57. The molecule has 2 aromatic rings. The van der Waals surface area contributed by atoms with Crippen molar-refractivity contribution < 1.29 is 9.90 Å². The Balaban J connectivity index is 1.72. The summed E-state index contributed by atoms with van der Waals surface area (Å²) in [4.78, 5) is 14.4. The first-order chi connectivity index (χ1) is 11.1. The first-order valence-corrected chi connectivity index (χ1v) is 8.20. The van der Waals surface area contributed by atoms with Gasteiger partial charge in [-0.05, 0) is 41.7 Å². The molecule has 0 aliphatic heterocycles. The molecular formula is C19H20ClNO2. The van der Waals surface area contributed by atoms with E-state index in [2.05, 4.69) is 24.3 Å². The molecule has 120 valence electrons. The maximum atomic E-state index is 12.6. The van der Waals surface area contributed by atoms with E-state index < -0.39 is 0 Å². The van der Waals surface area contributed by atoms with Gasteiger partial charge < -0.3 is 10.0 Å². The van der Waals surface area contributed by atoms with Crippen LogP contribution in [0.15, 0.2) is 42.5 Å². The molecule has 1 aliphatic rings. The maximum Gasteiger partial charge on any atom is 0.253 e. The van der Waals surface area contributed by atoms with Gasteiger partial charge >= 0.3 is 0 Å². The Hall–Kier alpha value is -1.84. The van der Waals surface area contributed by atoms with E-state index in [-0.39, 0.29) is 12.5 Å². The molecule has 0 radical (unpaired) electrons. The minimum absolute atomic E-state index is 0.0410. The number of aliphatic hydroxyl groups excluding tert-OH is 1. The number of amides is 1. The van der Waals surface area contributed by atoms with Gasteiger partial charge in [0.05, 0.1) is 6.61 Å². The standard InChI is InChI=1S/C19H20ClNO2/c1-21(11-15-8-6-13-4-2-3-5-17(13)15)19(23)14-7-9-16(12-22)18(20)10-14/h2-5,7,9-10,15,22H,6,8,11-12H2,1H3. The summed E-state index contributed by atoms with van der Waals surface area (Å²) < 4.78 is 0. The van der Waals surface area contributed by atoms with Crippen molar-refractivity contribution in [2.24, 2.45) is 0 Å². The molecule has 1 atom stereocenters. The third-order valence-corrected chi connectivity index (χ3v) is 4.92. The lowest BCUT2D eigenvalue weighted by Crippen LogP contribution is -2.30. The molecule has 3 rings (SSSR count). The minimum Gasteiger partial charge on any atom is -0.392 e.